The largest absolute Gasteiger partial charge is 0.454 e. The van der Waals surface area contributed by atoms with Gasteiger partial charge in [-0.15, -0.1) is 0 Å². The van der Waals surface area contributed by atoms with Crippen LogP contribution in [-0.4, -0.2) is 72.2 Å². The first-order chi connectivity index (χ1) is 16.6. The summed E-state index contributed by atoms with van der Waals surface area (Å²) in [5.74, 6) is 2.89. The second-order valence-corrected chi connectivity index (χ2v) is 8.94. The highest BCUT2D eigenvalue weighted by atomic mass is 32.1. The zero-order valence-electron chi connectivity index (χ0n) is 18.5. The van der Waals surface area contributed by atoms with Gasteiger partial charge in [-0.2, -0.15) is 0 Å². The summed E-state index contributed by atoms with van der Waals surface area (Å²) < 4.78 is 21.6. The van der Waals surface area contributed by atoms with Crippen LogP contribution in [0.5, 0.6) is 23.0 Å². The number of fused-ring (bicyclic) bond motifs is 2. The van der Waals surface area contributed by atoms with Crippen LogP contribution in [0.3, 0.4) is 0 Å². The number of benzene rings is 2. The van der Waals surface area contributed by atoms with E-state index in [2.05, 4.69) is 27.2 Å². The molecule has 2 fully saturated rings. The molecule has 4 heterocycles. The standard InChI is InChI=1S/C24H24N4O5S/c29-23-18(9-16-1-3-19-21(10-16)32-14-30-19)25-24(34)28(23)13-27-7-5-26(6-8-27)12-17-2-4-20-22(11-17)33-15-31-20/h1-4,9-11H,5-8,12-15H2,(H,25,34)/b18-9-. The van der Waals surface area contributed by atoms with Crippen molar-refractivity contribution in [1.29, 1.82) is 0 Å². The number of ether oxygens (including phenoxy) is 4. The average molecular weight is 481 g/mol. The molecule has 4 aliphatic rings. The van der Waals surface area contributed by atoms with Crippen LogP contribution < -0.4 is 24.3 Å². The minimum absolute atomic E-state index is 0.120. The van der Waals surface area contributed by atoms with E-state index >= 15 is 0 Å². The Kier molecular flexibility index (Phi) is 5.48. The molecule has 1 N–H and O–H groups in total. The monoisotopic (exact) mass is 480 g/mol. The number of rotatable bonds is 5. The molecule has 1 amide bonds. The molecule has 0 radical (unpaired) electrons. The number of hydrogen-bond donors (Lipinski definition) is 1. The third-order valence-corrected chi connectivity index (χ3v) is 6.64. The normalized spacial score (nSPS) is 20.9. The number of thiocarbonyl (C=S) groups is 1. The number of piperazine rings is 1. The number of nitrogens with zero attached hydrogens (tertiary/aromatic N) is 3. The van der Waals surface area contributed by atoms with E-state index in [1.165, 1.54) is 5.56 Å². The molecule has 0 bridgehead atoms. The minimum atomic E-state index is -0.120. The number of carbonyl (C=O) groups is 1. The Morgan fingerprint density at radius 3 is 2.26 bits per heavy atom. The number of nitrogens with one attached hydrogen (secondary N) is 1. The van der Waals surface area contributed by atoms with Crippen LogP contribution in [0, 0.1) is 0 Å². The van der Waals surface area contributed by atoms with Gasteiger partial charge >= 0.3 is 0 Å². The van der Waals surface area contributed by atoms with Gasteiger partial charge < -0.3 is 24.3 Å². The lowest BCUT2D eigenvalue weighted by atomic mass is 10.1. The van der Waals surface area contributed by atoms with Crippen molar-refractivity contribution in [2.24, 2.45) is 0 Å². The first-order valence-corrected chi connectivity index (χ1v) is 11.6. The van der Waals surface area contributed by atoms with E-state index in [-0.39, 0.29) is 19.5 Å². The minimum Gasteiger partial charge on any atom is -0.454 e. The Balaban J connectivity index is 1.04. The first-order valence-electron chi connectivity index (χ1n) is 11.2. The maximum atomic E-state index is 13.0. The number of hydrogen-bond acceptors (Lipinski definition) is 8. The third kappa shape index (κ3) is 4.15. The summed E-state index contributed by atoms with van der Waals surface area (Å²) in [6, 6.07) is 11.7. The molecule has 2 aromatic carbocycles. The molecule has 2 saturated heterocycles. The van der Waals surface area contributed by atoms with E-state index in [9.17, 15) is 4.79 Å². The summed E-state index contributed by atoms with van der Waals surface area (Å²) in [6.07, 6.45) is 1.79. The average Bonchev–Trinajstić information content (AvgIpc) is 3.56. The molecule has 0 unspecified atom stereocenters. The fourth-order valence-corrected chi connectivity index (χ4v) is 4.71. The van der Waals surface area contributed by atoms with E-state index in [1.807, 2.05) is 24.3 Å². The zero-order valence-corrected chi connectivity index (χ0v) is 19.3. The van der Waals surface area contributed by atoms with Gasteiger partial charge in [-0.25, -0.2) is 0 Å². The van der Waals surface area contributed by atoms with Gasteiger partial charge in [-0.1, -0.05) is 12.1 Å². The molecule has 9 nitrogen and oxygen atoms in total. The van der Waals surface area contributed by atoms with E-state index in [0.29, 0.717) is 29.0 Å². The predicted octanol–water partition coefficient (Wildman–Crippen LogP) is 1.98. The van der Waals surface area contributed by atoms with Crippen LogP contribution in [0.4, 0.5) is 0 Å². The fraction of sp³-hybridized carbons (Fsp3) is 0.333. The van der Waals surface area contributed by atoms with Crippen LogP contribution in [0.2, 0.25) is 0 Å². The van der Waals surface area contributed by atoms with Gasteiger partial charge in [0.2, 0.25) is 13.6 Å². The lowest BCUT2D eigenvalue weighted by Crippen LogP contribution is -2.50. The van der Waals surface area contributed by atoms with Crippen LogP contribution in [0.25, 0.3) is 6.08 Å². The van der Waals surface area contributed by atoms with Crippen LogP contribution >= 0.6 is 12.2 Å². The summed E-state index contributed by atoms with van der Waals surface area (Å²) in [5.41, 5.74) is 2.52. The van der Waals surface area contributed by atoms with Crippen LogP contribution in [0.15, 0.2) is 42.1 Å². The van der Waals surface area contributed by atoms with E-state index in [0.717, 1.165) is 49.8 Å². The lowest BCUT2D eigenvalue weighted by Gasteiger charge is -2.36. The van der Waals surface area contributed by atoms with Gasteiger partial charge in [0, 0.05) is 32.7 Å². The summed E-state index contributed by atoms with van der Waals surface area (Å²) in [6.45, 7) is 5.38. The molecule has 2 aromatic rings. The molecule has 0 aromatic heterocycles. The van der Waals surface area contributed by atoms with Crippen molar-refractivity contribution in [3.05, 3.63) is 53.2 Å². The first kappa shape index (κ1) is 21.2. The van der Waals surface area contributed by atoms with Crippen molar-refractivity contribution in [3.63, 3.8) is 0 Å². The Bertz CT molecular complexity index is 1180. The highest BCUT2D eigenvalue weighted by molar-refractivity contribution is 7.80. The maximum Gasteiger partial charge on any atom is 0.277 e. The molecule has 6 rings (SSSR count). The SMILES string of the molecule is O=C1/C(=C/c2ccc3c(c2)OCO3)NC(=S)N1CN1CCN(Cc2ccc3c(c2)OCO3)CC1. The number of carbonyl (C=O) groups excluding carboxylic acids is 1. The third-order valence-electron chi connectivity index (χ3n) is 6.32. The van der Waals surface area contributed by atoms with Crippen molar-refractivity contribution in [3.8, 4) is 23.0 Å². The van der Waals surface area contributed by atoms with Crippen molar-refractivity contribution in [2.75, 3.05) is 46.4 Å². The van der Waals surface area contributed by atoms with E-state index in [1.54, 1.807) is 11.0 Å². The molecule has 0 spiro atoms. The summed E-state index contributed by atoms with van der Waals surface area (Å²) in [7, 11) is 0. The number of amides is 1. The predicted molar refractivity (Wildman–Crippen MR) is 127 cm³/mol. The highest BCUT2D eigenvalue weighted by Gasteiger charge is 2.33. The van der Waals surface area contributed by atoms with Gasteiger partial charge in [0.15, 0.2) is 28.1 Å². The Morgan fingerprint density at radius 2 is 1.50 bits per heavy atom. The lowest BCUT2D eigenvalue weighted by molar-refractivity contribution is -0.124. The summed E-state index contributed by atoms with van der Waals surface area (Å²) in [4.78, 5) is 19.3. The Labute approximate surface area is 202 Å². The summed E-state index contributed by atoms with van der Waals surface area (Å²) >= 11 is 5.46. The molecular formula is C24H24N4O5S. The Hall–Kier alpha value is -3.34. The molecule has 0 atom stereocenters. The molecular weight excluding hydrogens is 456 g/mol. The summed E-state index contributed by atoms with van der Waals surface area (Å²) in [5, 5.41) is 3.49. The molecule has 176 valence electrons. The van der Waals surface area contributed by atoms with Gasteiger partial charge in [0.25, 0.3) is 5.91 Å². The van der Waals surface area contributed by atoms with Crippen molar-refractivity contribution in [1.82, 2.24) is 20.0 Å². The molecule has 0 saturated carbocycles. The fourth-order valence-electron chi connectivity index (χ4n) is 4.46. The van der Waals surface area contributed by atoms with Gasteiger partial charge in [0.1, 0.15) is 5.70 Å². The van der Waals surface area contributed by atoms with Gasteiger partial charge in [-0.3, -0.25) is 19.5 Å². The molecule has 4 aliphatic heterocycles. The van der Waals surface area contributed by atoms with Gasteiger partial charge in [-0.05, 0) is 53.7 Å². The Morgan fingerprint density at radius 1 is 0.853 bits per heavy atom. The maximum absolute atomic E-state index is 13.0. The second kappa shape index (κ2) is 8.79. The van der Waals surface area contributed by atoms with Crippen LogP contribution in [0.1, 0.15) is 11.1 Å². The molecule has 0 aliphatic carbocycles. The van der Waals surface area contributed by atoms with E-state index < -0.39 is 0 Å². The van der Waals surface area contributed by atoms with Crippen molar-refractivity contribution in [2.45, 2.75) is 6.54 Å². The smallest absolute Gasteiger partial charge is 0.277 e. The van der Waals surface area contributed by atoms with Crippen molar-refractivity contribution >= 4 is 29.3 Å². The van der Waals surface area contributed by atoms with E-state index in [4.69, 9.17) is 31.2 Å². The zero-order chi connectivity index (χ0) is 23.1. The topological polar surface area (TPSA) is 75.7 Å². The van der Waals surface area contributed by atoms with Gasteiger partial charge in [0.05, 0.1) is 6.67 Å². The second-order valence-electron chi connectivity index (χ2n) is 8.56. The van der Waals surface area contributed by atoms with Crippen LogP contribution in [-0.2, 0) is 11.3 Å². The van der Waals surface area contributed by atoms with Crippen molar-refractivity contribution < 1.29 is 23.7 Å². The highest BCUT2D eigenvalue weighted by Crippen LogP contribution is 2.34. The molecule has 10 heteroatoms. The molecule has 34 heavy (non-hydrogen) atoms. The quantitative estimate of drug-likeness (QED) is 0.511.